The molecule has 0 unspecified atom stereocenters. The molecule has 0 heterocycles. The molecule has 0 bridgehead atoms. The number of benzene rings is 2. The van der Waals surface area contributed by atoms with E-state index in [0.717, 1.165) is 0 Å². The van der Waals surface area contributed by atoms with Crippen molar-refractivity contribution in [1.29, 1.82) is 0 Å². The number of non-ortho nitro benzene ring substituents is 1. The van der Waals surface area contributed by atoms with Gasteiger partial charge in [0.1, 0.15) is 5.75 Å². The van der Waals surface area contributed by atoms with Crippen LogP contribution in [0.1, 0.15) is 31.1 Å². The van der Waals surface area contributed by atoms with Gasteiger partial charge in [0.2, 0.25) is 5.91 Å². The fourth-order valence-corrected chi connectivity index (χ4v) is 2.16. The van der Waals surface area contributed by atoms with Crippen LogP contribution in [-0.2, 0) is 4.79 Å². The molecule has 0 fully saturated rings. The number of anilines is 2. The van der Waals surface area contributed by atoms with Gasteiger partial charge < -0.3 is 15.4 Å². The van der Waals surface area contributed by atoms with E-state index in [4.69, 9.17) is 4.74 Å². The van der Waals surface area contributed by atoms with E-state index in [1.54, 1.807) is 39.0 Å². The van der Waals surface area contributed by atoms with Crippen molar-refractivity contribution < 1.29 is 19.2 Å². The Morgan fingerprint density at radius 1 is 1.07 bits per heavy atom. The summed E-state index contributed by atoms with van der Waals surface area (Å²) in [4.78, 5) is 35.0. The Hall–Kier alpha value is -3.42. The number of carbonyl (C=O) groups excluding carboxylic acids is 2. The standard InChI is InChI=1S/C19H21N3O5/c1-19(2,3)18(24)20-13-7-5-6-12(10-13)17(23)21-15-11-14(22(25)26)8-9-16(15)27-4/h5-11H,1-4H3,(H,20,24)(H,21,23). The number of hydrogen-bond donors (Lipinski definition) is 2. The molecule has 0 aliphatic heterocycles. The number of rotatable bonds is 5. The Bertz CT molecular complexity index is 887. The zero-order valence-corrected chi connectivity index (χ0v) is 15.5. The molecule has 2 aromatic carbocycles. The van der Waals surface area contributed by atoms with Crippen LogP contribution in [0.4, 0.5) is 17.1 Å². The SMILES string of the molecule is COc1ccc([N+](=O)[O-])cc1NC(=O)c1cccc(NC(=O)C(C)(C)C)c1. The van der Waals surface area contributed by atoms with E-state index in [1.807, 2.05) is 0 Å². The lowest BCUT2D eigenvalue weighted by Crippen LogP contribution is -2.27. The second-order valence-corrected chi connectivity index (χ2v) is 6.88. The zero-order chi connectivity index (χ0) is 20.2. The summed E-state index contributed by atoms with van der Waals surface area (Å²) in [6.45, 7) is 5.36. The maximum atomic E-state index is 12.5. The second-order valence-electron chi connectivity index (χ2n) is 6.88. The van der Waals surface area contributed by atoms with Gasteiger partial charge in [-0.3, -0.25) is 19.7 Å². The number of nitro groups is 1. The lowest BCUT2D eigenvalue weighted by molar-refractivity contribution is -0.384. The lowest BCUT2D eigenvalue weighted by atomic mass is 9.95. The molecule has 0 saturated heterocycles. The number of ether oxygens (including phenoxy) is 1. The van der Waals surface area contributed by atoms with Gasteiger partial charge in [-0.1, -0.05) is 26.8 Å². The van der Waals surface area contributed by atoms with Gasteiger partial charge in [0.25, 0.3) is 11.6 Å². The molecule has 8 nitrogen and oxygen atoms in total. The van der Waals surface area contributed by atoms with Gasteiger partial charge in [-0.05, 0) is 24.3 Å². The third-order valence-corrected chi connectivity index (χ3v) is 3.71. The van der Waals surface area contributed by atoms with Crippen molar-refractivity contribution in [3.05, 3.63) is 58.1 Å². The molecule has 142 valence electrons. The molecule has 2 N–H and O–H groups in total. The predicted octanol–water partition coefficient (Wildman–Crippen LogP) is 3.84. The van der Waals surface area contributed by atoms with Crippen LogP contribution in [0.2, 0.25) is 0 Å². The number of nitrogens with zero attached hydrogens (tertiary/aromatic N) is 1. The van der Waals surface area contributed by atoms with Crippen LogP contribution >= 0.6 is 0 Å². The van der Waals surface area contributed by atoms with Crippen molar-refractivity contribution in [2.24, 2.45) is 5.41 Å². The molecule has 0 saturated carbocycles. The fraction of sp³-hybridized carbons (Fsp3) is 0.263. The number of nitro benzene ring substituents is 1. The quantitative estimate of drug-likeness (QED) is 0.613. The Labute approximate surface area is 156 Å². The zero-order valence-electron chi connectivity index (χ0n) is 15.5. The first kappa shape index (κ1) is 19.9. The summed E-state index contributed by atoms with van der Waals surface area (Å²) in [7, 11) is 1.40. The first-order valence-corrected chi connectivity index (χ1v) is 8.17. The molecule has 0 radical (unpaired) electrons. The number of amides is 2. The Balaban J connectivity index is 2.24. The number of nitrogens with one attached hydrogen (secondary N) is 2. The summed E-state index contributed by atoms with van der Waals surface area (Å²) in [6.07, 6.45) is 0. The molecular formula is C19H21N3O5. The van der Waals surface area contributed by atoms with E-state index in [9.17, 15) is 19.7 Å². The number of methoxy groups -OCH3 is 1. The Morgan fingerprint density at radius 2 is 1.78 bits per heavy atom. The molecular weight excluding hydrogens is 350 g/mol. The van der Waals surface area contributed by atoms with Crippen LogP contribution in [-0.4, -0.2) is 23.8 Å². The molecule has 8 heteroatoms. The highest BCUT2D eigenvalue weighted by molar-refractivity contribution is 6.06. The Kier molecular flexibility index (Phi) is 5.79. The molecule has 2 aromatic rings. The van der Waals surface area contributed by atoms with E-state index < -0.39 is 16.2 Å². The molecule has 27 heavy (non-hydrogen) atoms. The molecule has 0 aliphatic rings. The minimum absolute atomic E-state index is 0.169. The largest absolute Gasteiger partial charge is 0.495 e. The predicted molar refractivity (Wildman–Crippen MR) is 102 cm³/mol. The third kappa shape index (κ3) is 5.04. The first-order valence-electron chi connectivity index (χ1n) is 8.17. The van der Waals surface area contributed by atoms with Crippen molar-refractivity contribution in [2.45, 2.75) is 20.8 Å². The second kappa shape index (κ2) is 7.86. The topological polar surface area (TPSA) is 111 Å². The summed E-state index contributed by atoms with van der Waals surface area (Å²) < 4.78 is 5.14. The van der Waals surface area contributed by atoms with Gasteiger partial charge >= 0.3 is 0 Å². The van der Waals surface area contributed by atoms with E-state index in [1.165, 1.54) is 31.4 Å². The average molecular weight is 371 g/mol. The minimum Gasteiger partial charge on any atom is -0.495 e. The summed E-state index contributed by atoms with van der Waals surface area (Å²) in [5, 5.41) is 16.3. The minimum atomic E-state index is -0.575. The van der Waals surface area contributed by atoms with Gasteiger partial charge in [0, 0.05) is 28.8 Å². The normalized spacial score (nSPS) is 10.8. The first-order chi connectivity index (χ1) is 12.6. The van der Waals surface area contributed by atoms with Gasteiger partial charge in [0.05, 0.1) is 17.7 Å². The summed E-state index contributed by atoms with van der Waals surface area (Å²) in [5.74, 6) is -0.368. The maximum Gasteiger partial charge on any atom is 0.271 e. The third-order valence-electron chi connectivity index (χ3n) is 3.71. The van der Waals surface area contributed by atoms with Crippen molar-refractivity contribution in [3.8, 4) is 5.75 Å². The Morgan fingerprint density at radius 3 is 2.37 bits per heavy atom. The van der Waals surface area contributed by atoms with E-state index >= 15 is 0 Å². The molecule has 2 amide bonds. The van der Waals surface area contributed by atoms with Gasteiger partial charge in [-0.2, -0.15) is 0 Å². The van der Waals surface area contributed by atoms with Gasteiger partial charge in [-0.25, -0.2) is 0 Å². The van der Waals surface area contributed by atoms with Crippen LogP contribution in [0.5, 0.6) is 5.75 Å². The van der Waals surface area contributed by atoms with Crippen molar-refractivity contribution in [1.82, 2.24) is 0 Å². The van der Waals surface area contributed by atoms with Gasteiger partial charge in [0.15, 0.2) is 0 Å². The smallest absolute Gasteiger partial charge is 0.271 e. The highest BCUT2D eigenvalue weighted by atomic mass is 16.6. The van der Waals surface area contributed by atoms with Crippen molar-refractivity contribution in [3.63, 3.8) is 0 Å². The van der Waals surface area contributed by atoms with E-state index in [2.05, 4.69) is 10.6 Å². The van der Waals surface area contributed by atoms with E-state index in [-0.39, 0.29) is 22.8 Å². The van der Waals surface area contributed by atoms with Crippen LogP contribution in [0.3, 0.4) is 0 Å². The monoisotopic (exact) mass is 371 g/mol. The lowest BCUT2D eigenvalue weighted by Gasteiger charge is -2.18. The number of hydrogen-bond acceptors (Lipinski definition) is 5. The van der Waals surface area contributed by atoms with E-state index in [0.29, 0.717) is 11.4 Å². The summed E-state index contributed by atoms with van der Waals surface area (Å²) >= 11 is 0. The molecule has 0 aromatic heterocycles. The maximum absolute atomic E-state index is 12.5. The highest BCUT2D eigenvalue weighted by Crippen LogP contribution is 2.29. The van der Waals surface area contributed by atoms with Crippen LogP contribution < -0.4 is 15.4 Å². The molecule has 0 aliphatic carbocycles. The van der Waals surface area contributed by atoms with Crippen molar-refractivity contribution in [2.75, 3.05) is 17.7 Å². The molecule has 0 spiro atoms. The highest BCUT2D eigenvalue weighted by Gasteiger charge is 2.21. The number of carbonyl (C=O) groups is 2. The molecule has 2 rings (SSSR count). The average Bonchev–Trinajstić information content (AvgIpc) is 2.61. The molecule has 0 atom stereocenters. The summed E-state index contributed by atoms with van der Waals surface area (Å²) in [5.41, 5.74) is 0.205. The van der Waals surface area contributed by atoms with Crippen molar-refractivity contribution >= 4 is 28.9 Å². The summed E-state index contributed by atoms with van der Waals surface area (Å²) in [6, 6.07) is 10.3. The van der Waals surface area contributed by atoms with Crippen LogP contribution in [0, 0.1) is 15.5 Å². The fourth-order valence-electron chi connectivity index (χ4n) is 2.16. The van der Waals surface area contributed by atoms with Crippen LogP contribution in [0.25, 0.3) is 0 Å². The van der Waals surface area contributed by atoms with Crippen LogP contribution in [0.15, 0.2) is 42.5 Å². The van der Waals surface area contributed by atoms with Gasteiger partial charge in [-0.15, -0.1) is 0 Å².